The number of carbonyl (C=O) groups excluding carboxylic acids is 3. The van der Waals surface area contributed by atoms with Gasteiger partial charge in [0.15, 0.2) is 6.61 Å². The van der Waals surface area contributed by atoms with E-state index in [2.05, 4.69) is 21.2 Å². The Hall–Kier alpha value is -4.66. The summed E-state index contributed by atoms with van der Waals surface area (Å²) in [5.74, 6) is -0.986. The van der Waals surface area contributed by atoms with Gasteiger partial charge in [0.25, 0.3) is 5.91 Å². The lowest BCUT2D eigenvalue weighted by Crippen LogP contribution is -2.32. The molecule has 3 aromatic rings. The Morgan fingerprint density at radius 1 is 0.861 bits per heavy atom. The highest BCUT2D eigenvalue weighted by atomic mass is 16.5. The average molecular weight is 489 g/mol. The Bertz CT molecular complexity index is 1260. The lowest BCUT2D eigenvalue weighted by Gasteiger charge is -2.13. The minimum atomic E-state index is -0.918. The van der Waals surface area contributed by atoms with Crippen molar-refractivity contribution in [2.45, 2.75) is 20.8 Å². The van der Waals surface area contributed by atoms with Crippen molar-refractivity contribution in [3.63, 3.8) is 0 Å². The summed E-state index contributed by atoms with van der Waals surface area (Å²) in [6.07, 6.45) is 1.39. The zero-order chi connectivity index (χ0) is 26.1. The van der Waals surface area contributed by atoms with E-state index in [-0.39, 0.29) is 12.5 Å². The van der Waals surface area contributed by atoms with Gasteiger partial charge in [0.2, 0.25) is 0 Å². The van der Waals surface area contributed by atoms with Crippen molar-refractivity contribution in [3.05, 3.63) is 82.9 Å². The number of anilines is 2. The van der Waals surface area contributed by atoms with Crippen LogP contribution in [0, 0.1) is 20.8 Å². The van der Waals surface area contributed by atoms with Crippen molar-refractivity contribution in [1.82, 2.24) is 5.43 Å². The Balaban J connectivity index is 1.46. The zero-order valence-corrected chi connectivity index (χ0v) is 20.5. The summed E-state index contributed by atoms with van der Waals surface area (Å²) in [6, 6.07) is 17.4. The summed E-state index contributed by atoms with van der Waals surface area (Å²) in [5, 5.41) is 9.15. The summed E-state index contributed by atoms with van der Waals surface area (Å²) in [4.78, 5) is 36.3. The highest BCUT2D eigenvalue weighted by molar-refractivity contribution is 6.39. The number of hydrogen-bond acceptors (Lipinski definition) is 6. The molecule has 0 atom stereocenters. The molecule has 0 aliphatic rings. The standard InChI is InChI=1S/C27H28N4O5/c1-17-12-18(2)25(19(3)13-17)30-24(32)16-36-22-10-8-20(9-11-22)15-28-31-27(34)26(33)29-21-6-5-7-23(14-21)35-4/h5-15H,16H2,1-4H3,(H,29,33)(H,30,32)(H,31,34). The minimum absolute atomic E-state index is 0.140. The second kappa shape index (κ2) is 12.2. The van der Waals surface area contributed by atoms with E-state index in [0.29, 0.717) is 22.7 Å². The van der Waals surface area contributed by atoms with Crippen LogP contribution in [-0.4, -0.2) is 37.7 Å². The van der Waals surface area contributed by atoms with Crippen molar-refractivity contribution in [3.8, 4) is 11.5 Å². The molecule has 0 saturated carbocycles. The largest absolute Gasteiger partial charge is 0.497 e. The van der Waals surface area contributed by atoms with Gasteiger partial charge in [0, 0.05) is 17.4 Å². The third kappa shape index (κ3) is 7.42. The number of amides is 3. The summed E-state index contributed by atoms with van der Waals surface area (Å²) in [7, 11) is 1.51. The maximum absolute atomic E-state index is 12.3. The number of carbonyl (C=O) groups is 3. The lowest BCUT2D eigenvalue weighted by molar-refractivity contribution is -0.136. The van der Waals surface area contributed by atoms with Crippen LogP contribution in [0.15, 0.2) is 65.8 Å². The van der Waals surface area contributed by atoms with Gasteiger partial charge in [-0.2, -0.15) is 5.10 Å². The van der Waals surface area contributed by atoms with E-state index in [1.807, 2.05) is 32.9 Å². The van der Waals surface area contributed by atoms with Gasteiger partial charge in [-0.1, -0.05) is 23.8 Å². The van der Waals surface area contributed by atoms with E-state index >= 15 is 0 Å². The van der Waals surface area contributed by atoms with Gasteiger partial charge in [-0.25, -0.2) is 5.43 Å². The first-order valence-corrected chi connectivity index (χ1v) is 11.1. The molecule has 0 spiro atoms. The smallest absolute Gasteiger partial charge is 0.329 e. The number of rotatable bonds is 8. The van der Waals surface area contributed by atoms with Gasteiger partial charge in [-0.15, -0.1) is 0 Å². The zero-order valence-electron chi connectivity index (χ0n) is 20.5. The quantitative estimate of drug-likeness (QED) is 0.254. The van der Waals surface area contributed by atoms with Crippen molar-refractivity contribution in [2.24, 2.45) is 5.10 Å². The maximum Gasteiger partial charge on any atom is 0.329 e. The highest BCUT2D eigenvalue weighted by Crippen LogP contribution is 2.22. The molecule has 9 heteroatoms. The van der Waals surface area contributed by atoms with Crippen molar-refractivity contribution < 1.29 is 23.9 Å². The van der Waals surface area contributed by atoms with Crippen molar-refractivity contribution in [2.75, 3.05) is 24.4 Å². The number of nitrogens with zero attached hydrogens (tertiary/aromatic N) is 1. The lowest BCUT2D eigenvalue weighted by atomic mass is 10.1. The number of benzene rings is 3. The highest BCUT2D eigenvalue weighted by Gasteiger charge is 2.13. The van der Waals surface area contributed by atoms with Crippen LogP contribution in [0.5, 0.6) is 11.5 Å². The van der Waals surface area contributed by atoms with Gasteiger partial charge in [0.05, 0.1) is 13.3 Å². The average Bonchev–Trinajstić information content (AvgIpc) is 2.85. The fraction of sp³-hybridized carbons (Fsp3) is 0.185. The molecule has 0 saturated heterocycles. The third-order valence-electron chi connectivity index (χ3n) is 5.11. The molecule has 3 N–H and O–H groups in total. The van der Waals surface area contributed by atoms with Gasteiger partial charge in [-0.05, 0) is 73.9 Å². The summed E-state index contributed by atoms with van der Waals surface area (Å²) < 4.78 is 10.6. The first kappa shape index (κ1) is 26.0. The van der Waals surface area contributed by atoms with Crippen LogP contribution in [0.25, 0.3) is 0 Å². The van der Waals surface area contributed by atoms with Crippen LogP contribution in [0.2, 0.25) is 0 Å². The molecule has 3 amide bonds. The maximum atomic E-state index is 12.3. The summed E-state index contributed by atoms with van der Waals surface area (Å²) in [5.41, 5.74) is 7.17. The van der Waals surface area contributed by atoms with Gasteiger partial charge in [-0.3, -0.25) is 14.4 Å². The number of nitrogens with one attached hydrogen (secondary N) is 3. The van der Waals surface area contributed by atoms with Crippen LogP contribution in [0.4, 0.5) is 11.4 Å². The monoisotopic (exact) mass is 488 g/mol. The Kier molecular flexibility index (Phi) is 8.77. The summed E-state index contributed by atoms with van der Waals surface area (Å²) in [6.45, 7) is 5.77. The molecule has 9 nitrogen and oxygen atoms in total. The molecule has 0 aromatic heterocycles. The van der Waals surface area contributed by atoms with Crippen LogP contribution < -0.4 is 25.5 Å². The molecule has 3 rings (SSSR count). The molecular weight excluding hydrogens is 460 g/mol. The van der Waals surface area contributed by atoms with Crippen molar-refractivity contribution in [1.29, 1.82) is 0 Å². The van der Waals surface area contributed by atoms with E-state index in [0.717, 1.165) is 22.4 Å². The second-order valence-corrected chi connectivity index (χ2v) is 8.06. The van der Waals surface area contributed by atoms with Crippen LogP contribution in [0.3, 0.4) is 0 Å². The van der Waals surface area contributed by atoms with E-state index in [1.54, 1.807) is 48.5 Å². The Labute approximate surface area is 209 Å². The first-order chi connectivity index (χ1) is 17.2. The van der Waals surface area contributed by atoms with Crippen LogP contribution in [0.1, 0.15) is 22.3 Å². The number of hydrazone groups is 1. The number of hydrogen-bond donors (Lipinski definition) is 3. The molecule has 0 aliphatic carbocycles. The Morgan fingerprint density at radius 3 is 2.22 bits per heavy atom. The van der Waals surface area contributed by atoms with E-state index < -0.39 is 11.8 Å². The second-order valence-electron chi connectivity index (χ2n) is 8.06. The van der Waals surface area contributed by atoms with E-state index in [9.17, 15) is 14.4 Å². The predicted octanol–water partition coefficient (Wildman–Crippen LogP) is 3.73. The fourth-order valence-corrected chi connectivity index (χ4v) is 3.46. The van der Waals surface area contributed by atoms with Crippen LogP contribution >= 0.6 is 0 Å². The molecule has 36 heavy (non-hydrogen) atoms. The number of aryl methyl sites for hydroxylation is 3. The van der Waals surface area contributed by atoms with Crippen LogP contribution in [-0.2, 0) is 14.4 Å². The Morgan fingerprint density at radius 2 is 1.56 bits per heavy atom. The molecule has 0 unspecified atom stereocenters. The first-order valence-electron chi connectivity index (χ1n) is 11.1. The molecule has 0 fully saturated rings. The molecule has 186 valence electrons. The molecule has 0 radical (unpaired) electrons. The van der Waals surface area contributed by atoms with E-state index in [1.165, 1.54) is 13.3 Å². The molecule has 0 bridgehead atoms. The normalized spacial score (nSPS) is 10.6. The SMILES string of the molecule is COc1cccc(NC(=O)C(=O)NN=Cc2ccc(OCC(=O)Nc3c(C)cc(C)cc3C)cc2)c1. The molecular formula is C27H28N4O5. The number of methoxy groups -OCH3 is 1. The third-order valence-corrected chi connectivity index (χ3v) is 5.11. The topological polar surface area (TPSA) is 118 Å². The fourth-order valence-electron chi connectivity index (χ4n) is 3.46. The van der Waals surface area contributed by atoms with Gasteiger partial charge < -0.3 is 20.1 Å². The molecule has 0 heterocycles. The predicted molar refractivity (Wildman–Crippen MR) is 139 cm³/mol. The van der Waals surface area contributed by atoms with Gasteiger partial charge in [0.1, 0.15) is 11.5 Å². The number of ether oxygens (including phenoxy) is 2. The van der Waals surface area contributed by atoms with Gasteiger partial charge >= 0.3 is 11.8 Å². The molecule has 0 aliphatic heterocycles. The van der Waals surface area contributed by atoms with E-state index in [4.69, 9.17) is 9.47 Å². The molecule has 3 aromatic carbocycles. The minimum Gasteiger partial charge on any atom is -0.497 e. The van der Waals surface area contributed by atoms with Crippen molar-refractivity contribution >= 4 is 35.3 Å². The summed E-state index contributed by atoms with van der Waals surface area (Å²) >= 11 is 0.